The van der Waals surface area contributed by atoms with Crippen molar-refractivity contribution in [3.05, 3.63) is 30.3 Å². The second-order valence-electron chi connectivity index (χ2n) is 7.87. The first kappa shape index (κ1) is 15.9. The number of nitrogens with one attached hydrogen (secondary N) is 1. The first-order valence-corrected chi connectivity index (χ1v) is 9.47. The predicted octanol–water partition coefficient (Wildman–Crippen LogP) is 2.50. The highest BCUT2D eigenvalue weighted by Crippen LogP contribution is 2.59. The van der Waals surface area contributed by atoms with Gasteiger partial charge in [-0.2, -0.15) is 0 Å². The van der Waals surface area contributed by atoms with E-state index in [0.717, 1.165) is 45.4 Å². The molecule has 1 aliphatic carbocycles. The van der Waals surface area contributed by atoms with Gasteiger partial charge in [0.25, 0.3) is 0 Å². The average Bonchev–Trinajstić information content (AvgIpc) is 3.34. The lowest BCUT2D eigenvalue weighted by atomic mass is 9.91. The van der Waals surface area contributed by atoms with Crippen molar-refractivity contribution in [2.75, 3.05) is 38.1 Å². The maximum Gasteiger partial charge on any atom is 0.226 e. The second kappa shape index (κ2) is 6.40. The van der Waals surface area contributed by atoms with Crippen molar-refractivity contribution in [3.8, 4) is 0 Å². The number of likely N-dealkylation sites (tertiary alicyclic amines) is 1. The Morgan fingerprint density at radius 2 is 1.83 bits per heavy atom. The van der Waals surface area contributed by atoms with Gasteiger partial charge in [-0.05, 0) is 62.7 Å². The zero-order valence-corrected chi connectivity index (χ0v) is 14.7. The number of benzene rings is 1. The molecule has 1 spiro atoms. The Labute approximate surface area is 145 Å². The molecule has 1 saturated carbocycles. The molecule has 1 atom stereocenters. The molecule has 2 aliphatic heterocycles. The zero-order chi connectivity index (χ0) is 16.6. The third-order valence-electron chi connectivity index (χ3n) is 6.57. The summed E-state index contributed by atoms with van der Waals surface area (Å²) >= 11 is 0. The summed E-state index contributed by atoms with van der Waals surface area (Å²) in [5, 5.41) is 3.42. The lowest BCUT2D eigenvalue weighted by Crippen LogP contribution is -2.46. The largest absolute Gasteiger partial charge is 0.371 e. The van der Waals surface area contributed by atoms with Gasteiger partial charge in [-0.1, -0.05) is 18.2 Å². The van der Waals surface area contributed by atoms with Crippen LogP contribution in [-0.4, -0.2) is 50.1 Å². The molecule has 24 heavy (non-hydrogen) atoms. The Hall–Kier alpha value is -1.55. The Morgan fingerprint density at radius 3 is 2.50 bits per heavy atom. The third kappa shape index (κ3) is 2.92. The maximum atomic E-state index is 12.9. The van der Waals surface area contributed by atoms with Gasteiger partial charge in [0.05, 0.1) is 0 Å². The van der Waals surface area contributed by atoms with Crippen molar-refractivity contribution in [1.29, 1.82) is 0 Å². The number of amides is 1. The number of piperidine rings is 2. The van der Waals surface area contributed by atoms with Crippen molar-refractivity contribution in [1.82, 2.24) is 10.2 Å². The quantitative estimate of drug-likeness (QED) is 0.926. The summed E-state index contributed by atoms with van der Waals surface area (Å²) in [6, 6.07) is 11.1. The summed E-state index contributed by atoms with van der Waals surface area (Å²) in [4.78, 5) is 17.4. The Bertz CT molecular complexity index is 574. The van der Waals surface area contributed by atoms with Crippen LogP contribution in [0.15, 0.2) is 30.3 Å². The van der Waals surface area contributed by atoms with Gasteiger partial charge in [0.2, 0.25) is 5.91 Å². The molecule has 4 rings (SSSR count). The Morgan fingerprint density at radius 1 is 1.17 bits per heavy atom. The summed E-state index contributed by atoms with van der Waals surface area (Å²) in [6.45, 7) is 4.03. The van der Waals surface area contributed by atoms with Gasteiger partial charge in [-0.3, -0.25) is 4.79 Å². The van der Waals surface area contributed by atoms with Crippen molar-refractivity contribution in [2.45, 2.75) is 38.1 Å². The highest BCUT2D eigenvalue weighted by molar-refractivity contribution is 5.83. The fourth-order valence-corrected chi connectivity index (χ4v) is 4.74. The molecule has 2 saturated heterocycles. The van der Waals surface area contributed by atoms with Crippen LogP contribution >= 0.6 is 0 Å². The van der Waals surface area contributed by atoms with E-state index in [-0.39, 0.29) is 0 Å². The van der Waals surface area contributed by atoms with E-state index in [0.29, 0.717) is 23.3 Å². The van der Waals surface area contributed by atoms with Gasteiger partial charge in [-0.15, -0.1) is 0 Å². The molecule has 1 amide bonds. The van der Waals surface area contributed by atoms with Crippen LogP contribution in [0.2, 0.25) is 0 Å². The van der Waals surface area contributed by atoms with E-state index in [1.807, 2.05) is 0 Å². The number of anilines is 1. The summed E-state index contributed by atoms with van der Waals surface area (Å²) in [5.41, 5.74) is 1.64. The molecular weight excluding hydrogens is 298 g/mol. The fraction of sp³-hybridized carbons (Fsp3) is 0.650. The van der Waals surface area contributed by atoms with Crippen LogP contribution in [0.3, 0.4) is 0 Å². The molecule has 3 fully saturated rings. The van der Waals surface area contributed by atoms with E-state index in [1.165, 1.54) is 18.5 Å². The number of carbonyl (C=O) groups excluding carboxylic acids is 1. The number of para-hydroxylation sites is 1. The van der Waals surface area contributed by atoms with Gasteiger partial charge in [0.1, 0.15) is 0 Å². The van der Waals surface area contributed by atoms with Crippen LogP contribution < -0.4 is 10.2 Å². The summed E-state index contributed by atoms with van der Waals surface area (Å²) in [5.74, 6) is 0.765. The molecule has 4 nitrogen and oxygen atoms in total. The average molecular weight is 327 g/mol. The molecule has 1 aromatic rings. The zero-order valence-electron chi connectivity index (χ0n) is 14.7. The minimum atomic E-state index is 0.322. The fourth-order valence-electron chi connectivity index (χ4n) is 4.74. The molecule has 1 unspecified atom stereocenters. The second-order valence-corrected chi connectivity index (χ2v) is 7.87. The SMILES string of the molecule is CN(c1ccccc1)C1CCN(C(=O)C2CC23CCNCC3)CC1. The first-order valence-electron chi connectivity index (χ1n) is 9.47. The molecule has 0 bridgehead atoms. The van der Waals surface area contributed by atoms with Crippen LogP contribution in [0.25, 0.3) is 0 Å². The van der Waals surface area contributed by atoms with Gasteiger partial charge in [-0.25, -0.2) is 0 Å². The van der Waals surface area contributed by atoms with Crippen LogP contribution in [0.1, 0.15) is 32.1 Å². The first-order chi connectivity index (χ1) is 11.7. The molecule has 4 heteroatoms. The lowest BCUT2D eigenvalue weighted by Gasteiger charge is -2.38. The highest BCUT2D eigenvalue weighted by Gasteiger charge is 2.58. The predicted molar refractivity (Wildman–Crippen MR) is 97.1 cm³/mol. The van der Waals surface area contributed by atoms with E-state index in [4.69, 9.17) is 0 Å². The summed E-state index contributed by atoms with van der Waals surface area (Å²) in [6.07, 6.45) is 5.68. The Balaban J connectivity index is 1.31. The molecule has 1 aromatic carbocycles. The number of carbonyl (C=O) groups is 1. The highest BCUT2D eigenvalue weighted by atomic mass is 16.2. The molecular formula is C20H29N3O. The number of nitrogens with zero attached hydrogens (tertiary/aromatic N) is 2. The molecule has 0 radical (unpaired) electrons. The van der Waals surface area contributed by atoms with Gasteiger partial charge in [0.15, 0.2) is 0 Å². The number of hydrogen-bond acceptors (Lipinski definition) is 3. The van der Waals surface area contributed by atoms with Gasteiger partial charge < -0.3 is 15.1 Å². The van der Waals surface area contributed by atoms with E-state index in [2.05, 4.69) is 52.5 Å². The minimum absolute atomic E-state index is 0.322. The van der Waals surface area contributed by atoms with Crippen LogP contribution in [0.4, 0.5) is 5.69 Å². The normalized spacial score (nSPS) is 26.4. The molecule has 2 heterocycles. The minimum Gasteiger partial charge on any atom is -0.371 e. The van der Waals surface area contributed by atoms with Crippen molar-refractivity contribution >= 4 is 11.6 Å². The number of rotatable bonds is 3. The number of hydrogen-bond donors (Lipinski definition) is 1. The van der Waals surface area contributed by atoms with Crippen molar-refractivity contribution in [3.63, 3.8) is 0 Å². The maximum absolute atomic E-state index is 12.9. The lowest BCUT2D eigenvalue weighted by molar-refractivity contribution is -0.134. The molecule has 1 N–H and O–H groups in total. The van der Waals surface area contributed by atoms with Crippen molar-refractivity contribution < 1.29 is 4.79 Å². The summed E-state index contributed by atoms with van der Waals surface area (Å²) < 4.78 is 0. The topological polar surface area (TPSA) is 35.6 Å². The smallest absolute Gasteiger partial charge is 0.226 e. The van der Waals surface area contributed by atoms with E-state index >= 15 is 0 Å². The Kier molecular flexibility index (Phi) is 4.25. The standard InChI is InChI=1S/C20H29N3O/c1-22(16-5-3-2-4-6-16)17-7-13-23(14-8-17)19(24)18-15-20(18)9-11-21-12-10-20/h2-6,17-18,21H,7-15H2,1H3. The molecule has 3 aliphatic rings. The summed E-state index contributed by atoms with van der Waals surface area (Å²) in [7, 11) is 2.18. The van der Waals surface area contributed by atoms with Crippen LogP contribution in [0.5, 0.6) is 0 Å². The van der Waals surface area contributed by atoms with E-state index < -0.39 is 0 Å². The van der Waals surface area contributed by atoms with Gasteiger partial charge >= 0.3 is 0 Å². The molecule has 130 valence electrons. The van der Waals surface area contributed by atoms with Crippen LogP contribution in [0, 0.1) is 11.3 Å². The monoisotopic (exact) mass is 327 g/mol. The van der Waals surface area contributed by atoms with E-state index in [1.54, 1.807) is 0 Å². The van der Waals surface area contributed by atoms with Crippen LogP contribution in [-0.2, 0) is 4.79 Å². The molecule has 0 aromatic heterocycles. The van der Waals surface area contributed by atoms with Gasteiger partial charge in [0, 0.05) is 37.8 Å². The van der Waals surface area contributed by atoms with E-state index in [9.17, 15) is 4.79 Å². The van der Waals surface area contributed by atoms with Crippen molar-refractivity contribution in [2.24, 2.45) is 11.3 Å². The third-order valence-corrected chi connectivity index (χ3v) is 6.57.